The Hall–Kier alpha value is -2.28. The highest BCUT2D eigenvalue weighted by molar-refractivity contribution is 7.86. The number of benzene rings is 1. The molecule has 1 amide bonds. The van der Waals surface area contributed by atoms with E-state index in [4.69, 9.17) is 8.60 Å². The van der Waals surface area contributed by atoms with Gasteiger partial charge >= 0.3 is 10.1 Å². The van der Waals surface area contributed by atoms with E-state index in [1.54, 1.807) is 35.4 Å². The highest BCUT2D eigenvalue weighted by atomic mass is 32.2. The smallest absolute Gasteiger partial charge is 0.306 e. The van der Waals surface area contributed by atoms with E-state index in [2.05, 4.69) is 6.92 Å². The topological polar surface area (TPSA) is 76.8 Å². The van der Waals surface area contributed by atoms with Crippen LogP contribution in [-0.2, 0) is 28.0 Å². The second kappa shape index (κ2) is 15.6. The van der Waals surface area contributed by atoms with Crippen LogP contribution in [0.5, 0.6) is 5.75 Å². The Morgan fingerprint density at radius 3 is 1.97 bits per heavy atom. The van der Waals surface area contributed by atoms with Crippen LogP contribution in [0, 0.1) is 0 Å². The molecule has 2 rings (SSSR count). The van der Waals surface area contributed by atoms with Gasteiger partial charge in [-0.3, -0.25) is 4.79 Å². The molecule has 0 N–H and O–H groups in total. The predicted molar refractivity (Wildman–Crippen MR) is 136 cm³/mol. The minimum absolute atomic E-state index is 0.101. The van der Waals surface area contributed by atoms with Crippen molar-refractivity contribution in [2.75, 3.05) is 6.26 Å². The van der Waals surface area contributed by atoms with Gasteiger partial charge < -0.3 is 13.5 Å². The molecule has 0 saturated carbocycles. The second-order valence-electron chi connectivity index (χ2n) is 9.05. The molecular formula is C27H41NO5S. The lowest BCUT2D eigenvalue weighted by Gasteiger charge is -2.22. The van der Waals surface area contributed by atoms with Crippen LogP contribution in [0.25, 0.3) is 0 Å². The number of rotatable bonds is 18. The zero-order valence-corrected chi connectivity index (χ0v) is 21.7. The molecule has 1 heterocycles. The Kier molecular flexibility index (Phi) is 12.8. The van der Waals surface area contributed by atoms with E-state index in [9.17, 15) is 13.2 Å². The van der Waals surface area contributed by atoms with E-state index in [0.29, 0.717) is 19.5 Å². The van der Waals surface area contributed by atoms with Crippen LogP contribution in [0.2, 0.25) is 0 Å². The first-order chi connectivity index (χ1) is 16.4. The number of furan rings is 1. The van der Waals surface area contributed by atoms with Gasteiger partial charge in [0, 0.05) is 13.0 Å². The maximum Gasteiger partial charge on any atom is 0.306 e. The van der Waals surface area contributed by atoms with Crippen molar-refractivity contribution < 1.29 is 21.8 Å². The summed E-state index contributed by atoms with van der Waals surface area (Å²) in [4.78, 5) is 14.8. The number of carbonyl (C=O) groups is 1. The molecular weight excluding hydrogens is 450 g/mol. The van der Waals surface area contributed by atoms with Gasteiger partial charge in [0.2, 0.25) is 5.91 Å². The minimum Gasteiger partial charge on any atom is -0.467 e. The molecule has 6 nitrogen and oxygen atoms in total. The van der Waals surface area contributed by atoms with Crippen molar-refractivity contribution in [3.8, 4) is 5.75 Å². The Morgan fingerprint density at radius 2 is 1.44 bits per heavy atom. The van der Waals surface area contributed by atoms with Crippen LogP contribution in [0.4, 0.5) is 0 Å². The minimum atomic E-state index is -3.56. The van der Waals surface area contributed by atoms with E-state index in [1.807, 2.05) is 12.1 Å². The molecule has 0 atom stereocenters. The van der Waals surface area contributed by atoms with Gasteiger partial charge in [-0.1, -0.05) is 83.3 Å². The van der Waals surface area contributed by atoms with Crippen LogP contribution in [-0.4, -0.2) is 25.5 Å². The number of hydrogen-bond donors (Lipinski definition) is 0. The maximum atomic E-state index is 13.0. The molecule has 0 aliphatic heterocycles. The lowest BCUT2D eigenvalue weighted by Crippen LogP contribution is -2.29. The Morgan fingerprint density at radius 1 is 0.853 bits per heavy atom. The molecule has 1 aromatic heterocycles. The molecule has 0 fully saturated rings. The molecule has 2 aromatic rings. The summed E-state index contributed by atoms with van der Waals surface area (Å²) in [6, 6.07) is 10.5. The fourth-order valence-corrected chi connectivity index (χ4v) is 4.43. The number of amides is 1. The summed E-state index contributed by atoms with van der Waals surface area (Å²) in [5.41, 5.74) is 0.902. The van der Waals surface area contributed by atoms with Crippen molar-refractivity contribution in [1.29, 1.82) is 0 Å². The van der Waals surface area contributed by atoms with Crippen molar-refractivity contribution in [2.45, 2.75) is 97.1 Å². The van der Waals surface area contributed by atoms with E-state index in [1.165, 1.54) is 57.8 Å². The van der Waals surface area contributed by atoms with E-state index < -0.39 is 10.1 Å². The van der Waals surface area contributed by atoms with E-state index >= 15 is 0 Å². The molecule has 1 aromatic carbocycles. The fraction of sp³-hybridized carbons (Fsp3) is 0.593. The summed E-state index contributed by atoms with van der Waals surface area (Å²) in [6.07, 6.45) is 16.9. The first-order valence-corrected chi connectivity index (χ1v) is 14.5. The third-order valence-corrected chi connectivity index (χ3v) is 6.31. The summed E-state index contributed by atoms with van der Waals surface area (Å²) in [6.45, 7) is 3.08. The molecule has 0 spiro atoms. The molecule has 7 heteroatoms. The standard InChI is InChI=1S/C27H41NO5S/c1-3-4-5-6-7-8-9-10-11-12-13-16-27(29)28(23-26-15-14-21-32-26)22-24-17-19-25(20-18-24)33-34(2,30)31/h14-15,17-21H,3-13,16,22-23H2,1-2H3. The van der Waals surface area contributed by atoms with Gasteiger partial charge in [0.1, 0.15) is 11.5 Å². The van der Waals surface area contributed by atoms with Gasteiger partial charge in [-0.2, -0.15) is 8.42 Å². The zero-order chi connectivity index (χ0) is 24.7. The molecule has 0 aliphatic rings. The van der Waals surface area contributed by atoms with Crippen molar-refractivity contribution in [3.63, 3.8) is 0 Å². The quantitative estimate of drug-likeness (QED) is 0.168. The fourth-order valence-electron chi connectivity index (χ4n) is 3.97. The molecule has 0 aliphatic carbocycles. The summed E-state index contributed by atoms with van der Waals surface area (Å²) in [7, 11) is -3.56. The third kappa shape index (κ3) is 12.3. The predicted octanol–water partition coefficient (Wildman–Crippen LogP) is 6.85. The van der Waals surface area contributed by atoms with Crippen LogP contribution < -0.4 is 4.18 Å². The number of unbranched alkanes of at least 4 members (excludes halogenated alkanes) is 10. The van der Waals surface area contributed by atoms with Crippen molar-refractivity contribution >= 4 is 16.0 Å². The molecule has 34 heavy (non-hydrogen) atoms. The van der Waals surface area contributed by atoms with Crippen LogP contribution in [0.1, 0.15) is 95.3 Å². The zero-order valence-electron chi connectivity index (χ0n) is 20.8. The molecule has 0 unspecified atom stereocenters. The van der Waals surface area contributed by atoms with Crippen molar-refractivity contribution in [3.05, 3.63) is 54.0 Å². The highest BCUT2D eigenvalue weighted by Crippen LogP contribution is 2.18. The Bertz CT molecular complexity index is 907. The second-order valence-corrected chi connectivity index (χ2v) is 10.6. The van der Waals surface area contributed by atoms with Gasteiger partial charge in [0.25, 0.3) is 0 Å². The molecule has 0 saturated heterocycles. The number of carbonyl (C=O) groups excluding carboxylic acids is 1. The Balaban J connectivity index is 1.76. The lowest BCUT2D eigenvalue weighted by molar-refractivity contribution is -0.132. The van der Waals surface area contributed by atoms with Gasteiger partial charge in [-0.15, -0.1) is 0 Å². The average molecular weight is 492 g/mol. The maximum absolute atomic E-state index is 13.0. The van der Waals surface area contributed by atoms with Crippen molar-refractivity contribution in [1.82, 2.24) is 4.90 Å². The van der Waals surface area contributed by atoms with Crippen LogP contribution in [0.15, 0.2) is 47.1 Å². The molecule has 190 valence electrons. The van der Waals surface area contributed by atoms with Gasteiger partial charge in [0.05, 0.1) is 19.1 Å². The molecule has 0 bridgehead atoms. The van der Waals surface area contributed by atoms with Gasteiger partial charge in [-0.05, 0) is 36.2 Å². The summed E-state index contributed by atoms with van der Waals surface area (Å²) >= 11 is 0. The van der Waals surface area contributed by atoms with E-state index in [0.717, 1.165) is 30.4 Å². The monoisotopic (exact) mass is 491 g/mol. The number of hydrogen-bond acceptors (Lipinski definition) is 5. The largest absolute Gasteiger partial charge is 0.467 e. The average Bonchev–Trinajstić information content (AvgIpc) is 3.30. The first kappa shape index (κ1) is 28.0. The highest BCUT2D eigenvalue weighted by Gasteiger charge is 2.16. The Labute approximate surface area is 205 Å². The first-order valence-electron chi connectivity index (χ1n) is 12.7. The van der Waals surface area contributed by atoms with E-state index in [-0.39, 0.29) is 11.7 Å². The SMILES string of the molecule is CCCCCCCCCCCCCC(=O)N(Cc1ccc(OS(C)(=O)=O)cc1)Cc1ccco1. The summed E-state index contributed by atoms with van der Waals surface area (Å²) < 4.78 is 32.9. The lowest BCUT2D eigenvalue weighted by atomic mass is 10.0. The van der Waals surface area contributed by atoms with Crippen LogP contribution >= 0.6 is 0 Å². The third-order valence-electron chi connectivity index (χ3n) is 5.82. The van der Waals surface area contributed by atoms with Gasteiger partial charge in [0.15, 0.2) is 0 Å². The van der Waals surface area contributed by atoms with Crippen molar-refractivity contribution in [2.24, 2.45) is 0 Å². The normalized spacial score (nSPS) is 11.5. The van der Waals surface area contributed by atoms with Crippen LogP contribution in [0.3, 0.4) is 0 Å². The summed E-state index contributed by atoms with van der Waals surface area (Å²) in [5, 5.41) is 0. The number of nitrogens with zero attached hydrogens (tertiary/aromatic N) is 1. The summed E-state index contributed by atoms with van der Waals surface area (Å²) in [5.74, 6) is 1.10. The van der Waals surface area contributed by atoms with Gasteiger partial charge in [-0.25, -0.2) is 0 Å². The molecule has 0 radical (unpaired) electrons.